The van der Waals surface area contributed by atoms with E-state index in [1.54, 1.807) is 29.6 Å². The first kappa shape index (κ1) is 14.9. The molecule has 0 bridgehead atoms. The predicted octanol–water partition coefficient (Wildman–Crippen LogP) is 2.38. The van der Waals surface area contributed by atoms with Crippen LogP contribution in [0.2, 0.25) is 0 Å². The lowest BCUT2D eigenvalue weighted by atomic mass is 10.1. The van der Waals surface area contributed by atoms with Crippen molar-refractivity contribution >= 4 is 34.6 Å². The molecule has 1 aromatic heterocycles. The minimum atomic E-state index is -0.500. The Bertz CT molecular complexity index is 681. The molecule has 21 heavy (non-hydrogen) atoms. The number of nitrogens with two attached hydrogens (primary N) is 1. The van der Waals surface area contributed by atoms with E-state index >= 15 is 0 Å². The van der Waals surface area contributed by atoms with Crippen LogP contribution < -0.4 is 15.8 Å². The van der Waals surface area contributed by atoms with Gasteiger partial charge in [-0.1, -0.05) is 6.07 Å². The van der Waals surface area contributed by atoms with Gasteiger partial charge in [-0.25, -0.2) is 4.79 Å². The average molecular weight is 306 g/mol. The van der Waals surface area contributed by atoms with E-state index < -0.39 is 11.9 Å². The highest BCUT2D eigenvalue weighted by Gasteiger charge is 2.19. The topological polar surface area (TPSA) is 90.7 Å². The van der Waals surface area contributed by atoms with E-state index in [9.17, 15) is 9.59 Å². The van der Waals surface area contributed by atoms with E-state index in [0.29, 0.717) is 27.6 Å². The second-order valence-corrected chi connectivity index (χ2v) is 4.95. The van der Waals surface area contributed by atoms with Crippen molar-refractivity contribution in [3.05, 3.63) is 40.1 Å². The molecule has 0 aliphatic heterocycles. The van der Waals surface area contributed by atoms with Crippen molar-refractivity contribution in [2.24, 2.45) is 0 Å². The summed E-state index contributed by atoms with van der Waals surface area (Å²) in [5.74, 6) is -0.618. The molecule has 0 spiro atoms. The molecule has 0 aliphatic carbocycles. The first-order chi connectivity index (χ1) is 10.1. The number of nitrogen functional groups attached to an aromatic ring is 1. The minimum absolute atomic E-state index is 0.291. The molecule has 2 aromatic rings. The van der Waals surface area contributed by atoms with Gasteiger partial charge in [-0.2, -0.15) is 0 Å². The zero-order chi connectivity index (χ0) is 15.4. The molecule has 0 radical (unpaired) electrons. The number of amides is 1. The summed E-state index contributed by atoms with van der Waals surface area (Å²) in [6, 6.07) is 6.52. The van der Waals surface area contributed by atoms with E-state index in [1.807, 2.05) is 0 Å². The molecule has 0 saturated carbocycles. The Labute approximate surface area is 125 Å². The van der Waals surface area contributed by atoms with Crippen molar-refractivity contribution in [3.63, 3.8) is 0 Å². The smallest absolute Gasteiger partial charge is 0.350 e. The maximum atomic E-state index is 12.3. The minimum Gasteiger partial charge on any atom is -0.494 e. The molecule has 2 rings (SSSR count). The summed E-state index contributed by atoms with van der Waals surface area (Å²) in [6.45, 7) is 0. The first-order valence-corrected chi connectivity index (χ1v) is 6.86. The third kappa shape index (κ3) is 2.97. The number of ether oxygens (including phenoxy) is 2. The van der Waals surface area contributed by atoms with Crippen LogP contribution in [0.4, 0.5) is 11.4 Å². The molecule has 0 fully saturated rings. The molecule has 1 amide bonds. The van der Waals surface area contributed by atoms with Gasteiger partial charge in [0.15, 0.2) is 5.75 Å². The predicted molar refractivity (Wildman–Crippen MR) is 81.0 cm³/mol. The fourth-order valence-corrected chi connectivity index (χ4v) is 2.58. The second kappa shape index (κ2) is 6.27. The van der Waals surface area contributed by atoms with Crippen LogP contribution in [0.15, 0.2) is 29.6 Å². The number of rotatable bonds is 4. The van der Waals surface area contributed by atoms with E-state index in [1.165, 1.54) is 25.6 Å². The fourth-order valence-electron chi connectivity index (χ4n) is 1.81. The Kier molecular flexibility index (Phi) is 4.44. The quantitative estimate of drug-likeness (QED) is 0.668. The number of methoxy groups -OCH3 is 2. The molecule has 0 atom stereocenters. The van der Waals surface area contributed by atoms with Gasteiger partial charge < -0.3 is 20.5 Å². The van der Waals surface area contributed by atoms with Crippen molar-refractivity contribution in [3.8, 4) is 5.75 Å². The maximum absolute atomic E-state index is 12.3. The number of esters is 1. The Balaban J connectivity index is 2.29. The van der Waals surface area contributed by atoms with Crippen molar-refractivity contribution < 1.29 is 19.1 Å². The van der Waals surface area contributed by atoms with Gasteiger partial charge >= 0.3 is 5.97 Å². The van der Waals surface area contributed by atoms with Crippen LogP contribution >= 0.6 is 11.3 Å². The van der Waals surface area contributed by atoms with Gasteiger partial charge in [-0.3, -0.25) is 4.79 Å². The zero-order valence-electron chi connectivity index (χ0n) is 11.5. The van der Waals surface area contributed by atoms with Gasteiger partial charge in [-0.05, 0) is 23.6 Å². The molecule has 0 unspecified atom stereocenters. The summed E-state index contributed by atoms with van der Waals surface area (Å²) in [6.07, 6.45) is 0. The highest BCUT2D eigenvalue weighted by atomic mass is 32.1. The Morgan fingerprint density at radius 2 is 2.00 bits per heavy atom. The van der Waals surface area contributed by atoms with Crippen molar-refractivity contribution in [1.29, 1.82) is 0 Å². The van der Waals surface area contributed by atoms with Gasteiger partial charge in [0.25, 0.3) is 5.91 Å². The average Bonchev–Trinajstić information content (AvgIpc) is 2.94. The van der Waals surface area contributed by atoms with Crippen LogP contribution in [-0.4, -0.2) is 26.1 Å². The number of benzene rings is 1. The number of hydrogen-bond donors (Lipinski definition) is 2. The largest absolute Gasteiger partial charge is 0.494 e. The molecule has 3 N–H and O–H groups in total. The molecule has 0 aliphatic rings. The number of carbonyl (C=O) groups excluding carboxylic acids is 2. The van der Waals surface area contributed by atoms with Gasteiger partial charge in [0.05, 0.1) is 31.2 Å². The SMILES string of the molecule is COC(=O)c1sccc1NC(=O)c1cccc(N)c1OC. The normalized spacial score (nSPS) is 10.0. The van der Waals surface area contributed by atoms with Crippen molar-refractivity contribution in [2.45, 2.75) is 0 Å². The summed E-state index contributed by atoms with van der Waals surface area (Å²) in [7, 11) is 2.72. The molecule has 1 heterocycles. The summed E-state index contributed by atoms with van der Waals surface area (Å²) < 4.78 is 9.80. The van der Waals surface area contributed by atoms with Crippen LogP contribution in [0.25, 0.3) is 0 Å². The summed E-state index contributed by atoms with van der Waals surface area (Å²) in [5, 5.41) is 4.35. The first-order valence-electron chi connectivity index (χ1n) is 5.98. The molecule has 1 aromatic carbocycles. The van der Waals surface area contributed by atoms with Crippen LogP contribution in [0, 0.1) is 0 Å². The number of para-hydroxylation sites is 1. The summed E-state index contributed by atoms with van der Waals surface area (Å²) in [5.41, 5.74) is 6.81. The van der Waals surface area contributed by atoms with Crippen LogP contribution in [-0.2, 0) is 4.74 Å². The zero-order valence-corrected chi connectivity index (χ0v) is 12.3. The van der Waals surface area contributed by atoms with Crippen LogP contribution in [0.1, 0.15) is 20.0 Å². The number of hydrogen-bond acceptors (Lipinski definition) is 6. The monoisotopic (exact) mass is 306 g/mol. The van der Waals surface area contributed by atoms with E-state index in [2.05, 4.69) is 10.1 Å². The number of carbonyl (C=O) groups is 2. The third-order valence-electron chi connectivity index (χ3n) is 2.78. The number of nitrogens with one attached hydrogen (secondary N) is 1. The fraction of sp³-hybridized carbons (Fsp3) is 0.143. The van der Waals surface area contributed by atoms with Gasteiger partial charge in [0, 0.05) is 0 Å². The van der Waals surface area contributed by atoms with E-state index in [-0.39, 0.29) is 0 Å². The molecular weight excluding hydrogens is 292 g/mol. The summed E-state index contributed by atoms with van der Waals surface area (Å²) >= 11 is 1.19. The van der Waals surface area contributed by atoms with E-state index in [0.717, 1.165) is 0 Å². The third-order valence-corrected chi connectivity index (χ3v) is 3.67. The van der Waals surface area contributed by atoms with Gasteiger partial charge in [0.2, 0.25) is 0 Å². The highest BCUT2D eigenvalue weighted by molar-refractivity contribution is 7.12. The van der Waals surface area contributed by atoms with Gasteiger partial charge in [-0.15, -0.1) is 11.3 Å². The van der Waals surface area contributed by atoms with Crippen molar-refractivity contribution in [1.82, 2.24) is 0 Å². The molecule has 110 valence electrons. The number of anilines is 2. The molecule has 7 heteroatoms. The van der Waals surface area contributed by atoms with E-state index in [4.69, 9.17) is 10.5 Å². The standard InChI is InChI=1S/C14H14N2O4S/c1-19-11-8(4-3-5-9(11)15)13(17)16-10-6-7-21-12(10)14(18)20-2/h3-7H,15H2,1-2H3,(H,16,17). The lowest BCUT2D eigenvalue weighted by Crippen LogP contribution is -2.15. The molecule has 0 saturated heterocycles. The molecule has 6 nitrogen and oxygen atoms in total. The Hall–Kier alpha value is -2.54. The Morgan fingerprint density at radius 1 is 1.24 bits per heavy atom. The Morgan fingerprint density at radius 3 is 2.67 bits per heavy atom. The van der Waals surface area contributed by atoms with Gasteiger partial charge in [0.1, 0.15) is 4.88 Å². The maximum Gasteiger partial charge on any atom is 0.350 e. The lowest BCUT2D eigenvalue weighted by Gasteiger charge is -2.11. The summed E-state index contributed by atoms with van der Waals surface area (Å²) in [4.78, 5) is 24.2. The molecular formula is C14H14N2O4S. The van der Waals surface area contributed by atoms with Crippen LogP contribution in [0.5, 0.6) is 5.75 Å². The number of thiophene rings is 1. The highest BCUT2D eigenvalue weighted by Crippen LogP contribution is 2.28. The lowest BCUT2D eigenvalue weighted by molar-refractivity contribution is 0.0607. The second-order valence-electron chi connectivity index (χ2n) is 4.04. The van der Waals surface area contributed by atoms with Crippen LogP contribution in [0.3, 0.4) is 0 Å². The van der Waals surface area contributed by atoms with Crippen molar-refractivity contribution in [2.75, 3.05) is 25.3 Å².